The van der Waals surface area contributed by atoms with Crippen molar-refractivity contribution in [3.05, 3.63) is 108 Å². The number of benzene rings is 3. The summed E-state index contributed by atoms with van der Waals surface area (Å²) in [6, 6.07) is 29.1. The van der Waals surface area contributed by atoms with Gasteiger partial charge in [0.2, 0.25) is 0 Å². The fraction of sp³-hybridized carbons (Fsp3) is 0.200. The molecule has 0 heterocycles. The predicted molar refractivity (Wildman–Crippen MR) is 110 cm³/mol. The molecular weight excluding hydrogens is 348 g/mol. The molecule has 3 aromatic rings. The predicted octanol–water partition coefficient (Wildman–Crippen LogP) is 5.39. The van der Waals surface area contributed by atoms with Gasteiger partial charge in [-0.2, -0.15) is 0 Å². The maximum absolute atomic E-state index is 13.0. The Kier molecular flexibility index (Phi) is 6.74. The average Bonchev–Trinajstić information content (AvgIpc) is 2.77. The molecule has 3 nitrogen and oxygen atoms in total. The number of ether oxygens (including phenoxy) is 1. The van der Waals surface area contributed by atoms with E-state index in [9.17, 15) is 9.59 Å². The van der Waals surface area contributed by atoms with E-state index in [0.717, 1.165) is 11.1 Å². The number of hydrogen-bond acceptors (Lipinski definition) is 3. The van der Waals surface area contributed by atoms with Crippen molar-refractivity contribution in [3.8, 4) is 0 Å². The summed E-state index contributed by atoms with van der Waals surface area (Å²) in [6.07, 6.45) is 0.548. The van der Waals surface area contributed by atoms with Gasteiger partial charge in [-0.1, -0.05) is 91.0 Å². The summed E-state index contributed by atoms with van der Waals surface area (Å²) in [6.45, 7) is 0. The zero-order valence-electron chi connectivity index (χ0n) is 16.0. The van der Waals surface area contributed by atoms with Gasteiger partial charge in [-0.05, 0) is 17.0 Å². The largest absolute Gasteiger partial charge is 0.469 e. The summed E-state index contributed by atoms with van der Waals surface area (Å²) < 4.78 is 4.95. The lowest BCUT2D eigenvalue weighted by Crippen LogP contribution is -2.19. The number of carbonyl (C=O) groups excluding carboxylic acids is 2. The molecule has 142 valence electrons. The third-order valence-corrected chi connectivity index (χ3v) is 5.06. The highest BCUT2D eigenvalue weighted by Gasteiger charge is 2.29. The van der Waals surface area contributed by atoms with Gasteiger partial charge in [-0.15, -0.1) is 0 Å². The summed E-state index contributed by atoms with van der Waals surface area (Å²) in [5, 5.41) is 0. The quantitative estimate of drug-likeness (QED) is 0.393. The second kappa shape index (κ2) is 9.65. The van der Waals surface area contributed by atoms with E-state index in [1.807, 2.05) is 91.0 Å². The lowest BCUT2D eigenvalue weighted by molar-refractivity contribution is -0.141. The number of carbonyl (C=O) groups is 2. The minimum absolute atomic E-state index is 0.0697. The molecule has 0 N–H and O–H groups in total. The van der Waals surface area contributed by atoms with Crippen molar-refractivity contribution in [2.24, 2.45) is 0 Å². The molecule has 0 bridgehead atoms. The normalized spacial score (nSPS) is 12.8. The van der Waals surface area contributed by atoms with Gasteiger partial charge < -0.3 is 4.74 Å². The second-order valence-corrected chi connectivity index (χ2v) is 6.81. The SMILES string of the molecule is COC(=O)CC(c1ccccc1)C(CC(=O)c1ccccc1)c1ccccc1. The topological polar surface area (TPSA) is 43.4 Å². The Morgan fingerprint density at radius 2 is 1.11 bits per heavy atom. The Balaban J connectivity index is 1.99. The molecule has 0 amide bonds. The van der Waals surface area contributed by atoms with Gasteiger partial charge in [0.15, 0.2) is 5.78 Å². The van der Waals surface area contributed by atoms with Crippen molar-refractivity contribution in [2.45, 2.75) is 24.7 Å². The first-order chi connectivity index (χ1) is 13.7. The number of Topliss-reactive ketones (excluding diaryl/α,β-unsaturated/α-hetero) is 1. The molecule has 0 fully saturated rings. The van der Waals surface area contributed by atoms with Crippen LogP contribution in [0.4, 0.5) is 0 Å². The van der Waals surface area contributed by atoms with Gasteiger partial charge in [0.1, 0.15) is 0 Å². The molecule has 0 aliphatic rings. The second-order valence-electron chi connectivity index (χ2n) is 6.81. The van der Waals surface area contributed by atoms with Gasteiger partial charge in [0, 0.05) is 17.9 Å². The molecule has 0 aliphatic carbocycles. The van der Waals surface area contributed by atoms with Crippen LogP contribution in [0.15, 0.2) is 91.0 Å². The van der Waals surface area contributed by atoms with Crippen LogP contribution < -0.4 is 0 Å². The highest BCUT2D eigenvalue weighted by molar-refractivity contribution is 5.96. The standard InChI is InChI=1S/C25H24O3/c1-28-25(27)18-23(20-13-7-3-8-14-20)22(19-11-5-2-6-12-19)17-24(26)21-15-9-4-10-16-21/h2-16,22-23H,17-18H2,1H3. The van der Waals surface area contributed by atoms with E-state index in [1.165, 1.54) is 7.11 Å². The zero-order chi connectivity index (χ0) is 19.8. The van der Waals surface area contributed by atoms with Crippen LogP contribution in [0.25, 0.3) is 0 Å². The molecule has 0 spiro atoms. The lowest BCUT2D eigenvalue weighted by Gasteiger charge is -2.27. The molecule has 3 heteroatoms. The minimum atomic E-state index is -0.276. The van der Waals surface area contributed by atoms with Crippen LogP contribution in [-0.4, -0.2) is 18.9 Å². The fourth-order valence-corrected chi connectivity index (χ4v) is 3.59. The first-order valence-corrected chi connectivity index (χ1v) is 9.44. The molecule has 0 radical (unpaired) electrons. The lowest BCUT2D eigenvalue weighted by atomic mass is 9.76. The van der Waals surface area contributed by atoms with Crippen LogP contribution in [0.2, 0.25) is 0 Å². The Morgan fingerprint density at radius 1 is 0.679 bits per heavy atom. The molecule has 0 aliphatic heterocycles. The van der Waals surface area contributed by atoms with Gasteiger partial charge in [-0.25, -0.2) is 0 Å². The van der Waals surface area contributed by atoms with Crippen molar-refractivity contribution in [1.82, 2.24) is 0 Å². The highest BCUT2D eigenvalue weighted by Crippen LogP contribution is 2.39. The number of methoxy groups -OCH3 is 1. The molecular formula is C25H24O3. The summed E-state index contributed by atoms with van der Waals surface area (Å²) in [5.41, 5.74) is 2.76. The van der Waals surface area contributed by atoms with Gasteiger partial charge in [0.05, 0.1) is 13.5 Å². The van der Waals surface area contributed by atoms with Crippen LogP contribution in [0, 0.1) is 0 Å². The van der Waals surface area contributed by atoms with Crippen molar-refractivity contribution < 1.29 is 14.3 Å². The van der Waals surface area contributed by atoms with Gasteiger partial charge in [0.25, 0.3) is 0 Å². The van der Waals surface area contributed by atoms with E-state index in [0.29, 0.717) is 12.0 Å². The van der Waals surface area contributed by atoms with Crippen molar-refractivity contribution in [1.29, 1.82) is 0 Å². The summed E-state index contributed by atoms with van der Waals surface area (Å²) >= 11 is 0. The molecule has 2 unspecified atom stereocenters. The molecule has 3 rings (SSSR count). The first-order valence-electron chi connectivity index (χ1n) is 9.44. The van der Waals surface area contributed by atoms with Crippen molar-refractivity contribution >= 4 is 11.8 Å². The van der Waals surface area contributed by atoms with Crippen LogP contribution in [-0.2, 0) is 9.53 Å². The Bertz CT molecular complexity index is 889. The van der Waals surface area contributed by atoms with Gasteiger partial charge in [-0.3, -0.25) is 9.59 Å². The molecule has 0 saturated heterocycles. The van der Waals surface area contributed by atoms with Crippen molar-refractivity contribution in [2.75, 3.05) is 7.11 Å². The van der Waals surface area contributed by atoms with E-state index < -0.39 is 0 Å². The summed E-state index contributed by atoms with van der Waals surface area (Å²) in [5.74, 6) is -0.485. The Morgan fingerprint density at radius 3 is 1.57 bits per heavy atom. The van der Waals surface area contributed by atoms with Crippen LogP contribution >= 0.6 is 0 Å². The van der Waals surface area contributed by atoms with E-state index in [4.69, 9.17) is 4.74 Å². The Labute approximate surface area is 166 Å². The maximum atomic E-state index is 13.0. The Hall–Kier alpha value is -3.20. The highest BCUT2D eigenvalue weighted by atomic mass is 16.5. The summed E-state index contributed by atoms with van der Waals surface area (Å²) in [4.78, 5) is 25.2. The number of ketones is 1. The van der Waals surface area contributed by atoms with Crippen LogP contribution in [0.5, 0.6) is 0 Å². The van der Waals surface area contributed by atoms with E-state index >= 15 is 0 Å². The number of hydrogen-bond donors (Lipinski definition) is 0. The molecule has 28 heavy (non-hydrogen) atoms. The average molecular weight is 372 g/mol. The molecule has 3 aromatic carbocycles. The third kappa shape index (κ3) is 4.95. The fourth-order valence-electron chi connectivity index (χ4n) is 3.59. The smallest absolute Gasteiger partial charge is 0.306 e. The number of rotatable bonds is 8. The first kappa shape index (κ1) is 19.6. The molecule has 0 saturated carbocycles. The van der Waals surface area contributed by atoms with E-state index in [2.05, 4.69) is 0 Å². The zero-order valence-corrected chi connectivity index (χ0v) is 16.0. The summed E-state index contributed by atoms with van der Waals surface area (Å²) in [7, 11) is 1.40. The molecule has 2 atom stereocenters. The monoisotopic (exact) mass is 372 g/mol. The third-order valence-electron chi connectivity index (χ3n) is 5.06. The van der Waals surface area contributed by atoms with E-state index in [1.54, 1.807) is 0 Å². The van der Waals surface area contributed by atoms with Gasteiger partial charge >= 0.3 is 5.97 Å². The molecule has 0 aromatic heterocycles. The maximum Gasteiger partial charge on any atom is 0.306 e. The van der Waals surface area contributed by atoms with Crippen LogP contribution in [0.1, 0.15) is 46.2 Å². The minimum Gasteiger partial charge on any atom is -0.469 e. The van der Waals surface area contributed by atoms with Crippen LogP contribution in [0.3, 0.4) is 0 Å². The number of esters is 1. The van der Waals surface area contributed by atoms with E-state index in [-0.39, 0.29) is 30.0 Å². The van der Waals surface area contributed by atoms with Crippen molar-refractivity contribution in [3.63, 3.8) is 0 Å².